The zero-order valence-electron chi connectivity index (χ0n) is 10.2. The van der Waals surface area contributed by atoms with E-state index in [1.165, 1.54) is 58.0 Å². The summed E-state index contributed by atoms with van der Waals surface area (Å²) in [6, 6.07) is 0.338. The zero-order valence-corrected chi connectivity index (χ0v) is 10.2. The summed E-state index contributed by atoms with van der Waals surface area (Å²) in [5.41, 5.74) is 6.59. The fourth-order valence-electron chi connectivity index (χ4n) is 3.42. The molecule has 1 saturated carbocycles. The van der Waals surface area contributed by atoms with Crippen molar-refractivity contribution in [2.45, 2.75) is 57.9 Å². The lowest BCUT2D eigenvalue weighted by atomic mass is 9.68. The molecule has 0 bridgehead atoms. The predicted molar refractivity (Wildman–Crippen MR) is 64.8 cm³/mol. The van der Waals surface area contributed by atoms with Crippen molar-refractivity contribution in [3.05, 3.63) is 0 Å². The molecule has 2 aliphatic rings. The van der Waals surface area contributed by atoms with Crippen LogP contribution in [0.15, 0.2) is 0 Å². The topological polar surface area (TPSA) is 29.3 Å². The Bertz CT molecular complexity index is 185. The van der Waals surface area contributed by atoms with Crippen LogP contribution in [0, 0.1) is 5.41 Å². The molecule has 2 rings (SSSR count). The molecule has 0 amide bonds. The van der Waals surface area contributed by atoms with E-state index in [1.807, 2.05) is 0 Å². The molecule has 1 heterocycles. The van der Waals surface area contributed by atoms with Crippen LogP contribution in [0.4, 0.5) is 0 Å². The van der Waals surface area contributed by atoms with Crippen LogP contribution in [0.3, 0.4) is 0 Å². The molecular weight excluding hydrogens is 184 g/mol. The molecule has 1 aliphatic heterocycles. The fraction of sp³-hybridized carbons (Fsp3) is 1.00. The van der Waals surface area contributed by atoms with Gasteiger partial charge in [-0.25, -0.2) is 0 Å². The summed E-state index contributed by atoms with van der Waals surface area (Å²) >= 11 is 0. The number of hydrogen-bond donors (Lipinski definition) is 1. The molecule has 1 atom stereocenters. The van der Waals surface area contributed by atoms with Gasteiger partial charge in [-0.15, -0.1) is 0 Å². The van der Waals surface area contributed by atoms with Gasteiger partial charge in [0.1, 0.15) is 0 Å². The highest BCUT2D eigenvalue weighted by atomic mass is 15.1. The van der Waals surface area contributed by atoms with E-state index in [-0.39, 0.29) is 0 Å². The van der Waals surface area contributed by atoms with Gasteiger partial charge in [-0.1, -0.05) is 19.3 Å². The second kappa shape index (κ2) is 4.84. The Hall–Kier alpha value is -0.0800. The number of nitrogens with two attached hydrogens (primary N) is 1. The monoisotopic (exact) mass is 210 g/mol. The fourth-order valence-corrected chi connectivity index (χ4v) is 3.42. The summed E-state index contributed by atoms with van der Waals surface area (Å²) in [4.78, 5) is 2.56. The molecule has 0 aromatic carbocycles. The van der Waals surface area contributed by atoms with Gasteiger partial charge in [-0.05, 0) is 51.1 Å². The van der Waals surface area contributed by atoms with Gasteiger partial charge in [-0.2, -0.15) is 0 Å². The summed E-state index contributed by atoms with van der Waals surface area (Å²) in [5, 5.41) is 0. The standard InChI is InChI=1S/C13H26N2/c1-12(14)11-15-9-7-13(8-10-15)5-3-2-4-6-13/h12H,2-11,14H2,1H3/t12-/m1/s1. The molecule has 0 radical (unpaired) electrons. The number of piperidine rings is 1. The van der Waals surface area contributed by atoms with Gasteiger partial charge >= 0.3 is 0 Å². The Morgan fingerprint density at radius 3 is 2.20 bits per heavy atom. The smallest absolute Gasteiger partial charge is 0.0139 e. The third kappa shape index (κ3) is 2.94. The highest BCUT2D eigenvalue weighted by Crippen LogP contribution is 2.44. The van der Waals surface area contributed by atoms with Crippen LogP contribution in [0.2, 0.25) is 0 Å². The lowest BCUT2D eigenvalue weighted by Crippen LogP contribution is -2.44. The number of rotatable bonds is 2. The van der Waals surface area contributed by atoms with Crippen molar-refractivity contribution in [2.24, 2.45) is 11.1 Å². The zero-order chi connectivity index (χ0) is 10.7. The van der Waals surface area contributed by atoms with Crippen LogP contribution in [-0.4, -0.2) is 30.6 Å². The lowest BCUT2D eigenvalue weighted by Gasteiger charge is -2.44. The first-order valence-electron chi connectivity index (χ1n) is 6.68. The minimum absolute atomic E-state index is 0.338. The van der Waals surface area contributed by atoms with E-state index in [0.717, 1.165) is 12.0 Å². The first kappa shape index (κ1) is 11.4. The molecule has 2 nitrogen and oxygen atoms in total. The molecule has 1 saturated heterocycles. The largest absolute Gasteiger partial charge is 0.327 e. The van der Waals surface area contributed by atoms with Gasteiger partial charge in [0.2, 0.25) is 0 Å². The van der Waals surface area contributed by atoms with Crippen molar-refractivity contribution in [2.75, 3.05) is 19.6 Å². The Morgan fingerprint density at radius 2 is 1.67 bits per heavy atom. The quantitative estimate of drug-likeness (QED) is 0.758. The van der Waals surface area contributed by atoms with Crippen molar-refractivity contribution < 1.29 is 0 Å². The number of hydrogen-bond acceptors (Lipinski definition) is 2. The van der Waals surface area contributed by atoms with Gasteiger partial charge in [0.05, 0.1) is 0 Å². The second-order valence-corrected chi connectivity index (χ2v) is 5.84. The van der Waals surface area contributed by atoms with E-state index in [2.05, 4.69) is 11.8 Å². The first-order chi connectivity index (χ1) is 7.20. The molecule has 0 unspecified atom stereocenters. The van der Waals surface area contributed by atoms with E-state index in [4.69, 9.17) is 5.73 Å². The van der Waals surface area contributed by atoms with Gasteiger partial charge in [0.25, 0.3) is 0 Å². The second-order valence-electron chi connectivity index (χ2n) is 5.84. The van der Waals surface area contributed by atoms with Crippen LogP contribution in [0.1, 0.15) is 51.9 Å². The van der Waals surface area contributed by atoms with Crippen molar-refractivity contribution in [1.82, 2.24) is 4.90 Å². The molecule has 2 fully saturated rings. The van der Waals surface area contributed by atoms with Crippen molar-refractivity contribution in [3.63, 3.8) is 0 Å². The summed E-state index contributed by atoms with van der Waals surface area (Å²) < 4.78 is 0. The van der Waals surface area contributed by atoms with Gasteiger partial charge < -0.3 is 10.6 Å². The van der Waals surface area contributed by atoms with Crippen LogP contribution in [0.25, 0.3) is 0 Å². The third-order valence-corrected chi connectivity index (χ3v) is 4.38. The molecule has 0 aromatic heterocycles. The van der Waals surface area contributed by atoms with E-state index >= 15 is 0 Å². The molecule has 0 aromatic rings. The summed E-state index contributed by atoms with van der Waals surface area (Å²) in [6.45, 7) is 5.80. The first-order valence-corrected chi connectivity index (χ1v) is 6.68. The summed E-state index contributed by atoms with van der Waals surface area (Å²) in [6.07, 6.45) is 10.3. The summed E-state index contributed by atoms with van der Waals surface area (Å²) in [7, 11) is 0. The Kier molecular flexibility index (Phi) is 3.68. The van der Waals surface area contributed by atoms with Crippen molar-refractivity contribution in [3.8, 4) is 0 Å². The number of likely N-dealkylation sites (tertiary alicyclic amines) is 1. The lowest BCUT2D eigenvalue weighted by molar-refractivity contribution is 0.0657. The molecule has 2 N–H and O–H groups in total. The SMILES string of the molecule is C[C@@H](N)CN1CCC2(CCCCC2)CC1. The molecular formula is C13H26N2. The van der Waals surface area contributed by atoms with E-state index < -0.39 is 0 Å². The highest BCUT2D eigenvalue weighted by molar-refractivity contribution is 4.88. The predicted octanol–water partition coefficient (Wildman–Crippen LogP) is 2.38. The van der Waals surface area contributed by atoms with Crippen LogP contribution < -0.4 is 5.73 Å². The molecule has 88 valence electrons. The minimum Gasteiger partial charge on any atom is -0.327 e. The highest BCUT2D eigenvalue weighted by Gasteiger charge is 2.35. The number of nitrogens with zero attached hydrogens (tertiary/aromatic N) is 1. The minimum atomic E-state index is 0.338. The van der Waals surface area contributed by atoms with Gasteiger partial charge in [0.15, 0.2) is 0 Å². The molecule has 1 aliphatic carbocycles. The molecule has 2 heteroatoms. The van der Waals surface area contributed by atoms with Crippen LogP contribution in [-0.2, 0) is 0 Å². The van der Waals surface area contributed by atoms with Gasteiger partial charge in [0, 0.05) is 12.6 Å². The molecule has 15 heavy (non-hydrogen) atoms. The third-order valence-electron chi connectivity index (χ3n) is 4.38. The Balaban J connectivity index is 1.80. The maximum atomic E-state index is 5.85. The average Bonchev–Trinajstić information content (AvgIpc) is 2.23. The van der Waals surface area contributed by atoms with Crippen LogP contribution in [0.5, 0.6) is 0 Å². The Morgan fingerprint density at radius 1 is 1.07 bits per heavy atom. The normalized spacial score (nSPS) is 29.2. The van der Waals surface area contributed by atoms with E-state index in [9.17, 15) is 0 Å². The van der Waals surface area contributed by atoms with Crippen molar-refractivity contribution in [1.29, 1.82) is 0 Å². The maximum absolute atomic E-state index is 5.85. The van der Waals surface area contributed by atoms with E-state index in [0.29, 0.717) is 6.04 Å². The average molecular weight is 210 g/mol. The van der Waals surface area contributed by atoms with E-state index in [1.54, 1.807) is 0 Å². The van der Waals surface area contributed by atoms with Gasteiger partial charge in [-0.3, -0.25) is 0 Å². The molecule has 1 spiro atoms. The maximum Gasteiger partial charge on any atom is 0.0139 e. The van der Waals surface area contributed by atoms with Crippen molar-refractivity contribution >= 4 is 0 Å². The van der Waals surface area contributed by atoms with Crippen LogP contribution >= 0.6 is 0 Å². The summed E-state index contributed by atoms with van der Waals surface area (Å²) in [5.74, 6) is 0. The Labute approximate surface area is 94.2 Å².